The van der Waals surface area contributed by atoms with Crippen LogP contribution in [0.3, 0.4) is 0 Å². The number of H-pyrrole nitrogens is 1. The summed E-state index contributed by atoms with van der Waals surface area (Å²) in [5.74, 6) is 0.794. The van der Waals surface area contributed by atoms with Crippen LogP contribution in [0.4, 0.5) is 5.69 Å². The lowest BCUT2D eigenvalue weighted by Crippen LogP contribution is -1.86. The van der Waals surface area contributed by atoms with E-state index in [2.05, 4.69) is 15.0 Å². The number of fused-ring (bicyclic) bond motifs is 1. The number of nitrogen functional groups attached to an aromatic ring is 1. The molecule has 0 spiro atoms. The molecule has 0 radical (unpaired) electrons. The Morgan fingerprint density at radius 3 is 2.72 bits per heavy atom. The molecule has 0 bridgehead atoms. The molecule has 2 heterocycles. The molecule has 0 fully saturated rings. The Morgan fingerprint density at radius 2 is 2.06 bits per heavy atom. The van der Waals surface area contributed by atoms with Crippen molar-refractivity contribution in [2.45, 2.75) is 13.8 Å². The van der Waals surface area contributed by atoms with Crippen molar-refractivity contribution in [2.24, 2.45) is 0 Å². The summed E-state index contributed by atoms with van der Waals surface area (Å²) in [7, 11) is 0. The molecule has 3 aromatic rings. The van der Waals surface area contributed by atoms with E-state index >= 15 is 0 Å². The van der Waals surface area contributed by atoms with Crippen LogP contribution in [0.15, 0.2) is 12.1 Å². The number of thiazole rings is 1. The fourth-order valence-corrected chi connectivity index (χ4v) is 3.06. The standard InChI is InChI=1S/C12H11ClN4S/c1-5-11(18-6(2)15-5)12-16-9-4-7(13)3-8(14)10(9)17-12/h3-4H,14H2,1-2H3,(H,16,17). The molecule has 4 nitrogen and oxygen atoms in total. The van der Waals surface area contributed by atoms with E-state index in [9.17, 15) is 0 Å². The molecule has 92 valence electrons. The van der Waals surface area contributed by atoms with E-state index in [4.69, 9.17) is 17.3 Å². The van der Waals surface area contributed by atoms with Crippen molar-refractivity contribution in [1.82, 2.24) is 15.0 Å². The highest BCUT2D eigenvalue weighted by Crippen LogP contribution is 2.31. The molecule has 2 aromatic heterocycles. The van der Waals surface area contributed by atoms with Crippen LogP contribution in [-0.2, 0) is 0 Å². The van der Waals surface area contributed by atoms with Gasteiger partial charge in [-0.25, -0.2) is 9.97 Å². The molecule has 0 aliphatic carbocycles. The second-order valence-electron chi connectivity index (χ2n) is 4.12. The molecule has 0 saturated carbocycles. The molecule has 0 saturated heterocycles. The Labute approximate surface area is 113 Å². The monoisotopic (exact) mass is 278 g/mol. The topological polar surface area (TPSA) is 67.6 Å². The number of aromatic amines is 1. The summed E-state index contributed by atoms with van der Waals surface area (Å²) in [5, 5.41) is 1.63. The van der Waals surface area contributed by atoms with Crippen LogP contribution in [0, 0.1) is 13.8 Å². The van der Waals surface area contributed by atoms with Crippen molar-refractivity contribution >= 4 is 39.7 Å². The Hall–Kier alpha value is -1.59. The average molecular weight is 279 g/mol. The van der Waals surface area contributed by atoms with Gasteiger partial charge in [-0.3, -0.25) is 0 Å². The normalized spacial score (nSPS) is 11.3. The summed E-state index contributed by atoms with van der Waals surface area (Å²) in [6.07, 6.45) is 0. The highest BCUT2D eigenvalue weighted by molar-refractivity contribution is 7.15. The van der Waals surface area contributed by atoms with E-state index in [1.165, 1.54) is 0 Å². The van der Waals surface area contributed by atoms with Gasteiger partial charge < -0.3 is 10.7 Å². The minimum Gasteiger partial charge on any atom is -0.397 e. The number of nitrogens with one attached hydrogen (secondary N) is 1. The third kappa shape index (κ3) is 1.76. The van der Waals surface area contributed by atoms with Gasteiger partial charge in [0.25, 0.3) is 0 Å². The number of nitrogens with two attached hydrogens (primary N) is 1. The van der Waals surface area contributed by atoms with Gasteiger partial charge in [-0.05, 0) is 26.0 Å². The van der Waals surface area contributed by atoms with Gasteiger partial charge in [-0.1, -0.05) is 11.6 Å². The van der Waals surface area contributed by atoms with Crippen LogP contribution in [0.2, 0.25) is 5.02 Å². The predicted octanol–water partition coefficient (Wildman–Crippen LogP) is 3.54. The number of hydrogen-bond acceptors (Lipinski definition) is 4. The van der Waals surface area contributed by atoms with Crippen LogP contribution in [0.1, 0.15) is 10.7 Å². The zero-order valence-corrected chi connectivity index (χ0v) is 11.5. The quantitative estimate of drug-likeness (QED) is 0.669. The molecule has 3 N–H and O–H groups in total. The largest absolute Gasteiger partial charge is 0.397 e. The maximum atomic E-state index is 5.98. The number of hydrogen-bond donors (Lipinski definition) is 2. The fourth-order valence-electron chi connectivity index (χ4n) is 1.97. The first-order valence-electron chi connectivity index (χ1n) is 5.44. The van der Waals surface area contributed by atoms with Crippen molar-refractivity contribution in [2.75, 3.05) is 5.73 Å². The van der Waals surface area contributed by atoms with E-state index in [1.54, 1.807) is 17.4 Å². The zero-order valence-electron chi connectivity index (χ0n) is 9.91. The second kappa shape index (κ2) is 3.96. The smallest absolute Gasteiger partial charge is 0.150 e. The molecule has 6 heteroatoms. The van der Waals surface area contributed by atoms with E-state index in [-0.39, 0.29) is 0 Å². The van der Waals surface area contributed by atoms with Gasteiger partial charge in [0.1, 0.15) is 5.52 Å². The molecule has 0 unspecified atom stereocenters. The average Bonchev–Trinajstić information content (AvgIpc) is 2.81. The highest BCUT2D eigenvalue weighted by Gasteiger charge is 2.13. The van der Waals surface area contributed by atoms with Crippen LogP contribution >= 0.6 is 22.9 Å². The van der Waals surface area contributed by atoms with Crippen molar-refractivity contribution in [3.8, 4) is 10.7 Å². The van der Waals surface area contributed by atoms with Gasteiger partial charge in [-0.15, -0.1) is 11.3 Å². The molecule has 0 atom stereocenters. The number of halogens is 1. The lowest BCUT2D eigenvalue weighted by molar-refractivity contribution is 1.19. The molecule has 0 aliphatic rings. The summed E-state index contributed by atoms with van der Waals surface area (Å²) >= 11 is 7.59. The number of aryl methyl sites for hydroxylation is 2. The van der Waals surface area contributed by atoms with Crippen molar-refractivity contribution in [3.63, 3.8) is 0 Å². The first-order valence-corrected chi connectivity index (χ1v) is 6.63. The maximum Gasteiger partial charge on any atom is 0.150 e. The van der Waals surface area contributed by atoms with E-state index in [0.717, 1.165) is 32.4 Å². The van der Waals surface area contributed by atoms with E-state index < -0.39 is 0 Å². The van der Waals surface area contributed by atoms with Crippen LogP contribution in [0.25, 0.3) is 21.7 Å². The SMILES string of the molecule is Cc1nc(C)c(-c2nc3c(N)cc(Cl)cc3[nH]2)s1. The number of anilines is 1. The second-order valence-corrected chi connectivity index (χ2v) is 5.76. The lowest BCUT2D eigenvalue weighted by Gasteiger charge is -1.94. The van der Waals surface area contributed by atoms with Gasteiger partial charge >= 0.3 is 0 Å². The Balaban J connectivity index is 2.25. The summed E-state index contributed by atoms with van der Waals surface area (Å²) in [6.45, 7) is 3.96. The molecular weight excluding hydrogens is 268 g/mol. The van der Waals surface area contributed by atoms with Crippen molar-refractivity contribution < 1.29 is 0 Å². The minimum atomic E-state index is 0.582. The summed E-state index contributed by atoms with van der Waals surface area (Å²) in [4.78, 5) is 13.2. The van der Waals surface area contributed by atoms with E-state index in [0.29, 0.717) is 10.7 Å². The zero-order chi connectivity index (χ0) is 12.9. The van der Waals surface area contributed by atoms with Gasteiger partial charge in [0.2, 0.25) is 0 Å². The van der Waals surface area contributed by atoms with Gasteiger partial charge in [0.15, 0.2) is 5.82 Å². The predicted molar refractivity (Wildman–Crippen MR) is 76.1 cm³/mol. The van der Waals surface area contributed by atoms with Crippen molar-refractivity contribution in [1.29, 1.82) is 0 Å². The molecule has 18 heavy (non-hydrogen) atoms. The molecule has 0 amide bonds. The van der Waals surface area contributed by atoms with Crippen LogP contribution in [-0.4, -0.2) is 15.0 Å². The number of benzene rings is 1. The third-order valence-corrected chi connectivity index (χ3v) is 4.00. The van der Waals surface area contributed by atoms with E-state index in [1.807, 2.05) is 19.9 Å². The number of aromatic nitrogens is 3. The number of imidazole rings is 1. The third-order valence-electron chi connectivity index (χ3n) is 2.70. The Morgan fingerprint density at radius 1 is 1.28 bits per heavy atom. The van der Waals surface area contributed by atoms with Gasteiger partial charge in [0.05, 0.1) is 26.8 Å². The molecule has 1 aromatic carbocycles. The fraction of sp³-hybridized carbons (Fsp3) is 0.167. The first kappa shape index (κ1) is 11.5. The number of nitrogens with zero attached hydrogens (tertiary/aromatic N) is 2. The summed E-state index contributed by atoms with van der Waals surface area (Å²) < 4.78 is 0. The Bertz CT molecular complexity index is 744. The summed E-state index contributed by atoms with van der Waals surface area (Å²) in [6, 6.07) is 3.53. The van der Waals surface area contributed by atoms with Crippen molar-refractivity contribution in [3.05, 3.63) is 27.9 Å². The van der Waals surface area contributed by atoms with Crippen LogP contribution in [0.5, 0.6) is 0 Å². The van der Waals surface area contributed by atoms with Gasteiger partial charge in [-0.2, -0.15) is 0 Å². The first-order chi connectivity index (χ1) is 8.54. The number of rotatable bonds is 1. The molecular formula is C12H11ClN4S. The highest BCUT2D eigenvalue weighted by atomic mass is 35.5. The van der Waals surface area contributed by atoms with Gasteiger partial charge in [0, 0.05) is 5.02 Å². The maximum absolute atomic E-state index is 5.98. The minimum absolute atomic E-state index is 0.582. The molecule has 0 aliphatic heterocycles. The Kier molecular flexibility index (Phi) is 2.53. The van der Waals surface area contributed by atoms with Crippen LogP contribution < -0.4 is 5.73 Å². The lowest BCUT2D eigenvalue weighted by atomic mass is 10.3. The summed E-state index contributed by atoms with van der Waals surface area (Å²) in [5.41, 5.74) is 9.07. The molecule has 3 rings (SSSR count).